The normalized spacial score (nSPS) is 12.9. The maximum Gasteiger partial charge on any atom is 0.534 e. The Morgan fingerprint density at radius 3 is 1.27 bits per heavy atom. The molecule has 0 unspecified atom stereocenters. The average Bonchev–Trinajstić information content (AvgIpc) is 2.63. The zero-order chi connectivity index (χ0) is 32.1. The lowest BCUT2D eigenvalue weighted by Crippen LogP contribution is -2.34. The number of H-pyrrole nitrogens is 1. The van der Waals surface area contributed by atoms with Crippen molar-refractivity contribution in [2.24, 2.45) is 0 Å². The predicted molar refractivity (Wildman–Crippen MR) is 112 cm³/mol. The van der Waals surface area contributed by atoms with Crippen molar-refractivity contribution in [1.82, 2.24) is 19.9 Å². The summed E-state index contributed by atoms with van der Waals surface area (Å²) >= 11 is 0. The molecule has 2 aromatic heterocycles. The first kappa shape index (κ1) is 36.9. The standard InChI is InChI=1S/C7H7F3N2O3S.C6H8N2O.C2F6O5S2/c1-4-3-5(2)12-6(11-4)15-16(13,14)7(8,9)10;1-4-3-5(2)8-6(9)7-4;3-1(4,5)14(9,10)13-15(11,12)2(6,7)8/h3H,1-2H3;3H,1-2H3,(H,7,8,9);. The Labute approximate surface area is 218 Å². The van der Waals surface area contributed by atoms with Crippen LogP contribution in [-0.4, -0.2) is 61.7 Å². The minimum atomic E-state index is -6.85. The van der Waals surface area contributed by atoms with E-state index in [2.05, 4.69) is 24.1 Å². The van der Waals surface area contributed by atoms with Crippen molar-refractivity contribution in [2.75, 3.05) is 0 Å². The van der Waals surface area contributed by atoms with Crippen molar-refractivity contribution < 1.29 is 72.6 Å². The maximum absolute atomic E-state index is 12.0. The van der Waals surface area contributed by atoms with E-state index in [0.29, 0.717) is 11.4 Å². The minimum absolute atomic E-state index is 0.271. The highest BCUT2D eigenvalue weighted by atomic mass is 32.3. The Bertz CT molecular complexity index is 1480. The Kier molecular flexibility index (Phi) is 11.7. The molecule has 40 heavy (non-hydrogen) atoms. The summed E-state index contributed by atoms with van der Waals surface area (Å²) in [4.78, 5) is 23.6. The van der Waals surface area contributed by atoms with Crippen LogP contribution in [0.3, 0.4) is 0 Å². The number of aryl methyl sites for hydroxylation is 4. The molecule has 0 aromatic carbocycles. The fourth-order valence-electron chi connectivity index (χ4n) is 1.81. The summed E-state index contributed by atoms with van der Waals surface area (Å²) in [6.45, 7) is 6.57. The van der Waals surface area contributed by atoms with Crippen molar-refractivity contribution in [3.8, 4) is 6.01 Å². The van der Waals surface area contributed by atoms with Gasteiger partial charge in [0.15, 0.2) is 0 Å². The molecule has 13 nitrogen and oxygen atoms in total. The molecule has 0 radical (unpaired) electrons. The third-order valence-electron chi connectivity index (χ3n) is 3.18. The molecule has 25 heteroatoms. The number of aromatic nitrogens is 4. The first-order valence-corrected chi connectivity index (χ1v) is 13.4. The summed E-state index contributed by atoms with van der Waals surface area (Å²) < 4.78 is 171. The van der Waals surface area contributed by atoms with E-state index in [1.807, 2.05) is 16.6 Å². The first-order valence-electron chi connectivity index (χ1n) is 9.22. The van der Waals surface area contributed by atoms with Gasteiger partial charge in [-0.1, -0.05) is 0 Å². The van der Waals surface area contributed by atoms with Gasteiger partial charge < -0.3 is 9.17 Å². The van der Waals surface area contributed by atoms with Crippen LogP contribution < -0.4 is 9.87 Å². The molecular formula is C15H15F9N4O9S3. The van der Waals surface area contributed by atoms with Gasteiger partial charge in [0.2, 0.25) is 0 Å². The second-order valence-electron chi connectivity index (χ2n) is 6.79. The summed E-state index contributed by atoms with van der Waals surface area (Å²) in [6.07, 6.45) is 0. The van der Waals surface area contributed by atoms with Crippen LogP contribution in [0.2, 0.25) is 0 Å². The molecule has 0 aliphatic carbocycles. The van der Waals surface area contributed by atoms with Gasteiger partial charge >= 0.3 is 58.6 Å². The Hall–Kier alpha value is -3.06. The van der Waals surface area contributed by atoms with E-state index in [-0.39, 0.29) is 5.69 Å². The largest absolute Gasteiger partial charge is 0.534 e. The fourth-order valence-corrected chi connectivity index (χ4v) is 3.74. The maximum atomic E-state index is 12.0. The average molecular weight is 662 g/mol. The SMILES string of the molecule is Cc1cc(C)[nH]c(=O)n1.Cc1cc(C)nc(OS(=O)(=O)C(F)(F)F)n1.O=S(=O)(OS(=O)(=O)C(F)(F)F)C(F)(F)F. The Balaban J connectivity index is 0.000000592. The highest BCUT2D eigenvalue weighted by Gasteiger charge is 2.57. The molecule has 2 heterocycles. The summed E-state index contributed by atoms with van der Waals surface area (Å²) in [5.41, 5.74) is -16.1. The van der Waals surface area contributed by atoms with Gasteiger partial charge in [0.1, 0.15) is 0 Å². The number of nitrogens with zero attached hydrogens (tertiary/aromatic N) is 3. The van der Waals surface area contributed by atoms with E-state index in [9.17, 15) is 69.6 Å². The number of aromatic amines is 1. The zero-order valence-electron chi connectivity index (χ0n) is 19.8. The second-order valence-corrected chi connectivity index (χ2v) is 11.6. The van der Waals surface area contributed by atoms with Crippen molar-refractivity contribution in [3.05, 3.63) is 45.4 Å². The topological polar surface area (TPSA) is 192 Å². The summed E-state index contributed by atoms with van der Waals surface area (Å²) in [5.74, 6) is 0. The molecule has 0 bridgehead atoms. The van der Waals surface area contributed by atoms with Crippen LogP contribution >= 0.6 is 0 Å². The third kappa shape index (κ3) is 11.6. The number of alkyl halides is 9. The number of hydrogen-bond acceptors (Lipinski definition) is 12. The summed E-state index contributed by atoms with van der Waals surface area (Å²) in [5, 5.41) is 0. The van der Waals surface area contributed by atoms with Crippen LogP contribution in [0.15, 0.2) is 16.9 Å². The molecule has 0 atom stereocenters. The molecular weight excluding hydrogens is 647 g/mol. The van der Waals surface area contributed by atoms with Gasteiger partial charge in [0, 0.05) is 22.8 Å². The zero-order valence-corrected chi connectivity index (χ0v) is 22.2. The van der Waals surface area contributed by atoms with E-state index in [1.165, 1.54) is 19.9 Å². The molecule has 1 N–H and O–H groups in total. The van der Waals surface area contributed by atoms with Crippen LogP contribution in [0.4, 0.5) is 39.5 Å². The number of hydrogen-bond donors (Lipinski definition) is 1. The Morgan fingerprint density at radius 1 is 0.625 bits per heavy atom. The molecule has 0 amide bonds. The predicted octanol–water partition coefficient (Wildman–Crippen LogP) is 2.41. The van der Waals surface area contributed by atoms with Crippen molar-refractivity contribution in [3.63, 3.8) is 0 Å². The molecule has 0 aliphatic rings. The van der Waals surface area contributed by atoms with Gasteiger partial charge in [-0.3, -0.25) is 0 Å². The van der Waals surface area contributed by atoms with Crippen LogP contribution in [0, 0.1) is 27.7 Å². The highest BCUT2D eigenvalue weighted by molar-refractivity contribution is 8.00. The molecule has 0 saturated carbocycles. The smallest absolute Gasteiger partial charge is 0.337 e. The lowest BCUT2D eigenvalue weighted by atomic mass is 10.4. The number of nitrogens with one attached hydrogen (secondary N) is 1. The second kappa shape index (κ2) is 12.6. The molecule has 2 rings (SSSR count). The Morgan fingerprint density at radius 2 is 0.975 bits per heavy atom. The first-order chi connectivity index (χ1) is 17.5. The highest BCUT2D eigenvalue weighted by Crippen LogP contribution is 2.32. The molecule has 230 valence electrons. The number of rotatable bonds is 4. The van der Waals surface area contributed by atoms with Crippen molar-refractivity contribution in [2.45, 2.75) is 44.2 Å². The van der Waals surface area contributed by atoms with Crippen LogP contribution in [-0.2, 0) is 34.0 Å². The van der Waals surface area contributed by atoms with Gasteiger partial charge in [-0.2, -0.15) is 79.7 Å². The van der Waals surface area contributed by atoms with Gasteiger partial charge in [0.25, 0.3) is 0 Å². The van der Waals surface area contributed by atoms with Crippen LogP contribution in [0.1, 0.15) is 22.8 Å². The van der Waals surface area contributed by atoms with Crippen molar-refractivity contribution in [1.29, 1.82) is 0 Å². The van der Waals surface area contributed by atoms with Crippen molar-refractivity contribution >= 4 is 30.4 Å². The summed E-state index contributed by atoms with van der Waals surface area (Å²) in [6, 6.07) is 2.45. The van der Waals surface area contributed by atoms with E-state index in [0.717, 1.165) is 11.4 Å². The summed E-state index contributed by atoms with van der Waals surface area (Å²) in [7, 11) is -19.4. The molecule has 2 aromatic rings. The van der Waals surface area contributed by atoms with E-state index in [1.54, 1.807) is 6.92 Å². The minimum Gasteiger partial charge on any atom is -0.337 e. The fraction of sp³-hybridized carbons (Fsp3) is 0.467. The van der Waals surface area contributed by atoms with Gasteiger partial charge in [-0.05, 0) is 39.8 Å². The third-order valence-corrected chi connectivity index (χ3v) is 6.69. The molecule has 0 aliphatic heterocycles. The molecule has 0 fully saturated rings. The monoisotopic (exact) mass is 662 g/mol. The lowest BCUT2D eigenvalue weighted by molar-refractivity contribution is -0.0586. The van der Waals surface area contributed by atoms with Crippen LogP contribution in [0.25, 0.3) is 0 Å². The molecule has 0 saturated heterocycles. The quantitative estimate of drug-likeness (QED) is 0.286. The van der Waals surface area contributed by atoms with Gasteiger partial charge in [-0.25, -0.2) is 4.79 Å². The van der Waals surface area contributed by atoms with E-state index >= 15 is 0 Å². The van der Waals surface area contributed by atoms with Gasteiger partial charge in [-0.15, -0.1) is 3.63 Å². The van der Waals surface area contributed by atoms with E-state index in [4.69, 9.17) is 0 Å². The lowest BCUT2D eigenvalue weighted by Gasteiger charge is -2.09. The molecule has 0 spiro atoms. The van der Waals surface area contributed by atoms with E-state index < -0.39 is 52.9 Å². The van der Waals surface area contributed by atoms with Gasteiger partial charge in [0.05, 0.1) is 0 Å². The van der Waals surface area contributed by atoms with Crippen LogP contribution in [0.5, 0.6) is 6.01 Å². The number of halogens is 9.